The normalized spacial score (nSPS) is 12.3. The van der Waals surface area contributed by atoms with Gasteiger partial charge in [-0.25, -0.2) is 4.79 Å². The number of hydrogen-bond donors (Lipinski definition) is 3. The Bertz CT molecular complexity index is 965. The minimum atomic E-state index is -2.96. The van der Waals surface area contributed by atoms with E-state index in [0.717, 1.165) is 0 Å². The molecule has 1 atom stereocenters. The van der Waals surface area contributed by atoms with Gasteiger partial charge in [-0.15, -0.1) is 0 Å². The number of imidazole rings is 1. The maximum atomic E-state index is 12.5. The molecule has 1 unspecified atom stereocenters. The second kappa shape index (κ2) is 6.76. The molecule has 0 fully saturated rings. The van der Waals surface area contributed by atoms with Gasteiger partial charge in [0.05, 0.1) is 22.6 Å². The average Bonchev–Trinajstić information content (AvgIpc) is 2.94. The summed E-state index contributed by atoms with van der Waals surface area (Å²) in [5.74, 6) is -0.446. The molecule has 25 heavy (non-hydrogen) atoms. The molecule has 0 saturated carbocycles. The van der Waals surface area contributed by atoms with Gasteiger partial charge in [0.2, 0.25) is 0 Å². The van der Waals surface area contributed by atoms with Crippen LogP contribution in [0, 0.1) is 0 Å². The van der Waals surface area contributed by atoms with Gasteiger partial charge in [0, 0.05) is 5.56 Å². The van der Waals surface area contributed by atoms with Crippen molar-refractivity contribution in [1.82, 2.24) is 15.3 Å². The first-order valence-electron chi connectivity index (χ1n) is 7.51. The number of benzene rings is 2. The molecule has 6 nitrogen and oxygen atoms in total. The van der Waals surface area contributed by atoms with Gasteiger partial charge in [0.1, 0.15) is 5.75 Å². The zero-order valence-electron chi connectivity index (χ0n) is 13.2. The number of alkyl halides is 2. The molecule has 1 heterocycles. The summed E-state index contributed by atoms with van der Waals surface area (Å²) in [4.78, 5) is 29.1. The van der Waals surface area contributed by atoms with Crippen molar-refractivity contribution in [3.63, 3.8) is 0 Å². The highest BCUT2D eigenvalue weighted by Crippen LogP contribution is 2.26. The molecule has 130 valence electrons. The topological polar surface area (TPSA) is 87.0 Å². The molecule has 0 saturated heterocycles. The van der Waals surface area contributed by atoms with E-state index < -0.39 is 24.3 Å². The third-order valence-corrected chi connectivity index (χ3v) is 3.74. The number of fused-ring (bicyclic) bond motifs is 1. The summed E-state index contributed by atoms with van der Waals surface area (Å²) in [6, 6.07) is 10.5. The van der Waals surface area contributed by atoms with E-state index in [1.54, 1.807) is 43.3 Å². The molecule has 1 aromatic heterocycles. The van der Waals surface area contributed by atoms with Crippen molar-refractivity contribution in [2.75, 3.05) is 0 Å². The summed E-state index contributed by atoms with van der Waals surface area (Å²) in [7, 11) is 0. The van der Waals surface area contributed by atoms with Crippen LogP contribution >= 0.6 is 0 Å². The van der Waals surface area contributed by atoms with E-state index >= 15 is 0 Å². The number of nitrogens with one attached hydrogen (secondary N) is 3. The molecule has 3 aromatic rings. The van der Waals surface area contributed by atoms with Gasteiger partial charge >= 0.3 is 12.3 Å². The van der Waals surface area contributed by atoms with Gasteiger partial charge in [-0.2, -0.15) is 8.78 Å². The van der Waals surface area contributed by atoms with Crippen molar-refractivity contribution in [2.24, 2.45) is 0 Å². The summed E-state index contributed by atoms with van der Waals surface area (Å²) < 4.78 is 29.5. The molecule has 3 N–H and O–H groups in total. The highest BCUT2D eigenvalue weighted by atomic mass is 19.3. The number of para-hydroxylation sites is 2. The Morgan fingerprint density at radius 2 is 1.88 bits per heavy atom. The molecule has 0 spiro atoms. The van der Waals surface area contributed by atoms with Crippen LogP contribution in [0.15, 0.2) is 47.3 Å². The molecule has 3 rings (SSSR count). The van der Waals surface area contributed by atoms with E-state index in [-0.39, 0.29) is 11.3 Å². The zero-order chi connectivity index (χ0) is 18.0. The lowest BCUT2D eigenvalue weighted by molar-refractivity contribution is -0.0506. The SMILES string of the molecule is CC(NC(=O)c1cccc2[nH]c(=O)[nH]c12)c1ccccc1OC(F)F. The molecule has 0 aliphatic heterocycles. The van der Waals surface area contributed by atoms with E-state index in [9.17, 15) is 18.4 Å². The van der Waals surface area contributed by atoms with Crippen LogP contribution in [0.3, 0.4) is 0 Å². The molecular formula is C17H15F2N3O3. The highest BCUT2D eigenvalue weighted by molar-refractivity contribution is 6.04. The Labute approximate surface area is 140 Å². The van der Waals surface area contributed by atoms with Crippen LogP contribution in [0.4, 0.5) is 8.78 Å². The van der Waals surface area contributed by atoms with Crippen LogP contribution in [0.25, 0.3) is 11.0 Å². The van der Waals surface area contributed by atoms with Gasteiger partial charge in [-0.05, 0) is 25.1 Å². The zero-order valence-corrected chi connectivity index (χ0v) is 13.2. The summed E-state index contributed by atoms with van der Waals surface area (Å²) in [6.45, 7) is -1.30. The lowest BCUT2D eigenvalue weighted by Crippen LogP contribution is -2.27. The largest absolute Gasteiger partial charge is 0.434 e. The number of amides is 1. The fourth-order valence-corrected chi connectivity index (χ4v) is 2.64. The van der Waals surface area contributed by atoms with Crippen LogP contribution in [-0.4, -0.2) is 22.5 Å². The summed E-state index contributed by atoms with van der Waals surface area (Å²) in [5.41, 5.74) is 1.17. The van der Waals surface area contributed by atoms with Gasteiger partial charge in [0.25, 0.3) is 5.91 Å². The second-order valence-electron chi connectivity index (χ2n) is 5.42. The van der Waals surface area contributed by atoms with Gasteiger partial charge in [0.15, 0.2) is 0 Å². The van der Waals surface area contributed by atoms with Crippen molar-refractivity contribution < 1.29 is 18.3 Å². The number of aromatic amines is 2. The number of carbonyl (C=O) groups excluding carboxylic acids is 1. The van der Waals surface area contributed by atoms with Gasteiger partial charge in [-0.1, -0.05) is 24.3 Å². The van der Waals surface area contributed by atoms with Crippen molar-refractivity contribution in [2.45, 2.75) is 19.6 Å². The Kier molecular flexibility index (Phi) is 4.51. The molecule has 1 amide bonds. The number of aromatic nitrogens is 2. The van der Waals surface area contributed by atoms with Crippen LogP contribution in [-0.2, 0) is 0 Å². The van der Waals surface area contributed by atoms with E-state index in [1.165, 1.54) is 6.07 Å². The Morgan fingerprint density at radius 1 is 1.12 bits per heavy atom. The summed E-state index contributed by atoms with van der Waals surface area (Å²) >= 11 is 0. The average molecular weight is 347 g/mol. The number of carbonyl (C=O) groups is 1. The molecule has 0 radical (unpaired) electrons. The van der Waals surface area contributed by atoms with Crippen molar-refractivity contribution in [3.8, 4) is 5.75 Å². The lowest BCUT2D eigenvalue weighted by Gasteiger charge is -2.18. The van der Waals surface area contributed by atoms with Crippen molar-refractivity contribution in [3.05, 3.63) is 64.1 Å². The van der Waals surface area contributed by atoms with Crippen LogP contribution in [0.2, 0.25) is 0 Å². The van der Waals surface area contributed by atoms with E-state index in [0.29, 0.717) is 16.6 Å². The molecule has 8 heteroatoms. The fourth-order valence-electron chi connectivity index (χ4n) is 2.64. The number of rotatable bonds is 5. The monoisotopic (exact) mass is 347 g/mol. The predicted octanol–water partition coefficient (Wildman–Crippen LogP) is 2.95. The van der Waals surface area contributed by atoms with Crippen LogP contribution < -0.4 is 15.7 Å². The smallest absolute Gasteiger partial charge is 0.387 e. The first-order chi connectivity index (χ1) is 12.0. The highest BCUT2D eigenvalue weighted by Gasteiger charge is 2.19. The molecule has 2 aromatic carbocycles. The third kappa shape index (κ3) is 3.52. The minimum Gasteiger partial charge on any atom is -0.434 e. The maximum Gasteiger partial charge on any atom is 0.387 e. The van der Waals surface area contributed by atoms with E-state index in [1.807, 2.05) is 0 Å². The lowest BCUT2D eigenvalue weighted by atomic mass is 10.1. The minimum absolute atomic E-state index is 0.00133. The Balaban J connectivity index is 1.87. The third-order valence-electron chi connectivity index (χ3n) is 3.74. The first kappa shape index (κ1) is 16.7. The number of ether oxygens (including phenoxy) is 1. The fraction of sp³-hybridized carbons (Fsp3) is 0.176. The maximum absolute atomic E-state index is 12.5. The molecule has 0 aliphatic rings. The number of halogens is 2. The predicted molar refractivity (Wildman–Crippen MR) is 87.9 cm³/mol. The van der Waals surface area contributed by atoms with Crippen LogP contribution in [0.5, 0.6) is 5.75 Å². The quantitative estimate of drug-likeness (QED) is 0.663. The summed E-state index contributed by atoms with van der Waals surface area (Å²) in [6.07, 6.45) is 0. The number of hydrogen-bond acceptors (Lipinski definition) is 3. The molecule has 0 aliphatic carbocycles. The van der Waals surface area contributed by atoms with Crippen molar-refractivity contribution in [1.29, 1.82) is 0 Å². The number of H-pyrrole nitrogens is 2. The Hall–Kier alpha value is -3.16. The Morgan fingerprint density at radius 3 is 2.64 bits per heavy atom. The van der Waals surface area contributed by atoms with Gasteiger partial charge < -0.3 is 20.0 Å². The first-order valence-corrected chi connectivity index (χ1v) is 7.51. The van der Waals surface area contributed by atoms with Gasteiger partial charge in [-0.3, -0.25) is 4.79 Å². The van der Waals surface area contributed by atoms with Crippen LogP contribution in [0.1, 0.15) is 28.9 Å². The standard InChI is InChI=1S/C17H15F2N3O3/c1-9(10-5-2-3-8-13(10)25-16(18)19)20-15(23)11-6-4-7-12-14(11)22-17(24)21-12/h2-9,16H,1H3,(H,20,23)(H2,21,22,24). The van der Waals surface area contributed by atoms with E-state index in [2.05, 4.69) is 20.0 Å². The molecule has 0 bridgehead atoms. The second-order valence-corrected chi connectivity index (χ2v) is 5.42. The van der Waals surface area contributed by atoms with E-state index in [4.69, 9.17) is 0 Å². The molecular weight excluding hydrogens is 332 g/mol. The van der Waals surface area contributed by atoms with Crippen molar-refractivity contribution >= 4 is 16.9 Å². The summed E-state index contributed by atoms with van der Waals surface area (Å²) in [5, 5.41) is 2.73.